The normalized spacial score (nSPS) is 10.6. The first-order valence-electron chi connectivity index (χ1n) is 8.28. The van der Waals surface area contributed by atoms with Gasteiger partial charge in [0.25, 0.3) is 0 Å². The SMILES string of the molecule is COc1ccc(-c2nc(CSCC(=O)Nc3ccc(Br)cc3C)cs2)cc1. The van der Waals surface area contributed by atoms with Gasteiger partial charge in [-0.2, -0.15) is 0 Å². The smallest absolute Gasteiger partial charge is 0.234 e. The summed E-state index contributed by atoms with van der Waals surface area (Å²) in [6.07, 6.45) is 0. The number of aryl methyl sites for hydroxylation is 1. The maximum absolute atomic E-state index is 12.2. The van der Waals surface area contributed by atoms with Crippen LogP contribution in [0.3, 0.4) is 0 Å². The standard InChI is InChI=1S/C20H19BrN2O2S2/c1-13-9-15(21)5-8-18(13)23-19(24)12-26-10-16-11-27-20(22-16)14-3-6-17(25-2)7-4-14/h3-9,11H,10,12H2,1-2H3,(H,23,24). The van der Waals surface area contributed by atoms with E-state index in [0.29, 0.717) is 11.5 Å². The lowest BCUT2D eigenvalue weighted by molar-refractivity contribution is -0.113. The third-order valence-corrected chi connectivity index (χ3v) is 6.23. The highest BCUT2D eigenvalue weighted by Crippen LogP contribution is 2.27. The first-order chi connectivity index (χ1) is 13.0. The first-order valence-corrected chi connectivity index (χ1v) is 11.1. The number of nitrogens with zero attached hydrogens (tertiary/aromatic N) is 1. The van der Waals surface area contributed by atoms with Crippen molar-refractivity contribution in [1.82, 2.24) is 4.98 Å². The van der Waals surface area contributed by atoms with Crippen molar-refractivity contribution in [3.8, 4) is 16.3 Å². The molecule has 3 rings (SSSR count). The molecule has 0 bridgehead atoms. The van der Waals surface area contributed by atoms with Crippen LogP contribution in [0, 0.1) is 6.92 Å². The Hall–Kier alpha value is -1.83. The number of aromatic nitrogens is 1. The minimum absolute atomic E-state index is 0.00368. The highest BCUT2D eigenvalue weighted by atomic mass is 79.9. The van der Waals surface area contributed by atoms with Gasteiger partial charge in [-0.25, -0.2) is 4.98 Å². The van der Waals surface area contributed by atoms with Crippen molar-refractivity contribution in [2.45, 2.75) is 12.7 Å². The second kappa shape index (κ2) is 9.39. The zero-order valence-corrected chi connectivity index (χ0v) is 18.2. The molecular weight excluding hydrogens is 444 g/mol. The molecule has 1 aromatic heterocycles. The van der Waals surface area contributed by atoms with Gasteiger partial charge in [0.1, 0.15) is 10.8 Å². The summed E-state index contributed by atoms with van der Waals surface area (Å²) >= 11 is 6.60. The van der Waals surface area contributed by atoms with Gasteiger partial charge in [0, 0.05) is 26.9 Å². The van der Waals surface area contributed by atoms with Crippen LogP contribution < -0.4 is 10.1 Å². The number of rotatable bonds is 7. The lowest BCUT2D eigenvalue weighted by Gasteiger charge is -2.08. The molecule has 0 aliphatic rings. The minimum Gasteiger partial charge on any atom is -0.497 e. The molecule has 0 fully saturated rings. The van der Waals surface area contributed by atoms with Gasteiger partial charge in [0.05, 0.1) is 18.6 Å². The predicted molar refractivity (Wildman–Crippen MR) is 118 cm³/mol. The van der Waals surface area contributed by atoms with Crippen LogP contribution >= 0.6 is 39.0 Å². The Morgan fingerprint density at radius 3 is 2.74 bits per heavy atom. The van der Waals surface area contributed by atoms with E-state index < -0.39 is 0 Å². The average Bonchev–Trinajstić information content (AvgIpc) is 3.13. The number of amides is 1. The zero-order chi connectivity index (χ0) is 19.2. The Labute approximate surface area is 175 Å². The molecule has 0 aliphatic carbocycles. The van der Waals surface area contributed by atoms with E-state index in [4.69, 9.17) is 4.74 Å². The fourth-order valence-corrected chi connectivity index (χ4v) is 4.56. The Morgan fingerprint density at radius 1 is 1.26 bits per heavy atom. The van der Waals surface area contributed by atoms with Gasteiger partial charge < -0.3 is 10.1 Å². The van der Waals surface area contributed by atoms with E-state index in [1.807, 2.05) is 54.8 Å². The zero-order valence-electron chi connectivity index (χ0n) is 15.0. The largest absolute Gasteiger partial charge is 0.497 e. The molecule has 7 heteroatoms. The summed E-state index contributed by atoms with van der Waals surface area (Å²) in [6.45, 7) is 1.98. The van der Waals surface area contributed by atoms with Crippen molar-refractivity contribution in [3.05, 3.63) is 63.6 Å². The van der Waals surface area contributed by atoms with Gasteiger partial charge in [-0.15, -0.1) is 23.1 Å². The van der Waals surface area contributed by atoms with Gasteiger partial charge in [-0.1, -0.05) is 15.9 Å². The van der Waals surface area contributed by atoms with Crippen molar-refractivity contribution in [1.29, 1.82) is 0 Å². The van der Waals surface area contributed by atoms with Gasteiger partial charge >= 0.3 is 0 Å². The van der Waals surface area contributed by atoms with Crippen LogP contribution in [0.15, 0.2) is 52.3 Å². The number of hydrogen-bond acceptors (Lipinski definition) is 5. The van der Waals surface area contributed by atoms with Crippen LogP contribution in [0.25, 0.3) is 10.6 Å². The number of carbonyl (C=O) groups is 1. The molecule has 0 unspecified atom stereocenters. The molecule has 4 nitrogen and oxygen atoms in total. The van der Waals surface area contributed by atoms with Gasteiger partial charge in [0.15, 0.2) is 0 Å². The molecule has 0 spiro atoms. The molecule has 1 amide bonds. The summed E-state index contributed by atoms with van der Waals surface area (Å²) in [5, 5.41) is 5.98. The van der Waals surface area contributed by atoms with Crippen molar-refractivity contribution < 1.29 is 9.53 Å². The van der Waals surface area contributed by atoms with Crippen LogP contribution in [0.2, 0.25) is 0 Å². The molecule has 2 aromatic carbocycles. The minimum atomic E-state index is -0.00368. The van der Waals surface area contributed by atoms with Gasteiger partial charge in [-0.3, -0.25) is 4.79 Å². The molecule has 0 saturated heterocycles. The molecule has 0 saturated carbocycles. The quantitative estimate of drug-likeness (QED) is 0.484. The number of thiazole rings is 1. The number of halogens is 1. The number of ether oxygens (including phenoxy) is 1. The van der Waals surface area contributed by atoms with Crippen LogP contribution in [0.5, 0.6) is 5.75 Å². The second-order valence-electron chi connectivity index (χ2n) is 5.87. The Bertz CT molecular complexity index is 926. The number of carbonyl (C=O) groups excluding carboxylic acids is 1. The summed E-state index contributed by atoms with van der Waals surface area (Å²) in [6, 6.07) is 13.7. The molecule has 27 heavy (non-hydrogen) atoms. The van der Waals surface area contributed by atoms with Crippen LogP contribution in [-0.2, 0) is 10.5 Å². The number of methoxy groups -OCH3 is 1. The lowest BCUT2D eigenvalue weighted by atomic mass is 10.2. The fourth-order valence-electron chi connectivity index (χ4n) is 2.44. The molecule has 1 heterocycles. The maximum atomic E-state index is 12.2. The van der Waals surface area contributed by atoms with E-state index in [0.717, 1.165) is 37.7 Å². The molecular formula is C20H19BrN2O2S2. The van der Waals surface area contributed by atoms with Crippen molar-refractivity contribution >= 4 is 50.6 Å². The summed E-state index contributed by atoms with van der Waals surface area (Å²) in [4.78, 5) is 16.8. The van der Waals surface area contributed by atoms with Gasteiger partial charge in [-0.05, 0) is 55.0 Å². The maximum Gasteiger partial charge on any atom is 0.234 e. The second-order valence-corrected chi connectivity index (χ2v) is 8.63. The molecule has 0 atom stereocenters. The van der Waals surface area contributed by atoms with Crippen molar-refractivity contribution in [2.75, 3.05) is 18.2 Å². The first kappa shape index (κ1) is 19.9. The Kier molecular flexibility index (Phi) is 6.93. The molecule has 140 valence electrons. The highest BCUT2D eigenvalue weighted by molar-refractivity contribution is 9.10. The number of thioether (sulfide) groups is 1. The van der Waals surface area contributed by atoms with E-state index in [1.54, 1.807) is 30.2 Å². The third kappa shape index (κ3) is 5.57. The summed E-state index contributed by atoms with van der Waals surface area (Å²) < 4.78 is 6.18. The number of anilines is 1. The van der Waals surface area contributed by atoms with Crippen LogP contribution in [0.4, 0.5) is 5.69 Å². The average molecular weight is 463 g/mol. The van der Waals surface area contributed by atoms with E-state index in [2.05, 4.69) is 26.2 Å². The van der Waals surface area contributed by atoms with Crippen molar-refractivity contribution in [2.24, 2.45) is 0 Å². The van der Waals surface area contributed by atoms with E-state index in [9.17, 15) is 4.79 Å². The third-order valence-electron chi connectivity index (χ3n) is 3.83. The summed E-state index contributed by atoms with van der Waals surface area (Å²) in [7, 11) is 1.65. The molecule has 3 aromatic rings. The molecule has 1 N–H and O–H groups in total. The highest BCUT2D eigenvalue weighted by Gasteiger charge is 2.08. The monoisotopic (exact) mass is 462 g/mol. The summed E-state index contributed by atoms with van der Waals surface area (Å²) in [5.41, 5.74) is 3.94. The number of benzene rings is 2. The predicted octanol–water partition coefficient (Wildman–Crippen LogP) is 5.76. The summed E-state index contributed by atoms with van der Waals surface area (Å²) in [5.74, 6) is 1.93. The van der Waals surface area contributed by atoms with E-state index in [1.165, 1.54) is 0 Å². The van der Waals surface area contributed by atoms with E-state index >= 15 is 0 Å². The molecule has 0 radical (unpaired) electrons. The van der Waals surface area contributed by atoms with Crippen molar-refractivity contribution in [3.63, 3.8) is 0 Å². The lowest BCUT2D eigenvalue weighted by Crippen LogP contribution is -2.15. The van der Waals surface area contributed by atoms with E-state index in [-0.39, 0.29) is 5.91 Å². The number of hydrogen-bond donors (Lipinski definition) is 1. The topological polar surface area (TPSA) is 51.2 Å². The van der Waals surface area contributed by atoms with Gasteiger partial charge in [0.2, 0.25) is 5.91 Å². The Balaban J connectivity index is 1.50. The molecule has 0 aliphatic heterocycles. The van der Waals surface area contributed by atoms with Crippen LogP contribution in [0.1, 0.15) is 11.3 Å². The number of nitrogens with one attached hydrogen (secondary N) is 1. The van der Waals surface area contributed by atoms with Crippen LogP contribution in [-0.4, -0.2) is 23.8 Å². The Morgan fingerprint density at radius 2 is 2.04 bits per heavy atom. The fraction of sp³-hybridized carbons (Fsp3) is 0.200.